The number of rotatable bonds is 5. The van der Waals surface area contributed by atoms with Crippen LogP contribution in [-0.4, -0.2) is 34.6 Å². The summed E-state index contributed by atoms with van der Waals surface area (Å²) in [6.07, 6.45) is 0. The number of hydrogen-bond donors (Lipinski definition) is 1. The van der Waals surface area contributed by atoms with Crippen molar-refractivity contribution in [2.24, 2.45) is 0 Å². The minimum absolute atomic E-state index is 0.0372. The fourth-order valence-electron chi connectivity index (χ4n) is 1.59. The van der Waals surface area contributed by atoms with Crippen molar-refractivity contribution >= 4 is 50.3 Å². The Hall–Kier alpha value is -1.91. The lowest BCUT2D eigenvalue weighted by molar-refractivity contribution is 0.0595. The van der Waals surface area contributed by atoms with Crippen LogP contribution in [0.5, 0.6) is 0 Å². The summed E-state index contributed by atoms with van der Waals surface area (Å²) in [5.74, 6) is -1.39. The van der Waals surface area contributed by atoms with Crippen LogP contribution in [0.1, 0.15) is 19.3 Å². The van der Waals surface area contributed by atoms with E-state index in [1.54, 1.807) is 5.38 Å². The van der Waals surface area contributed by atoms with E-state index >= 15 is 0 Å². The van der Waals surface area contributed by atoms with E-state index in [0.717, 1.165) is 22.7 Å². The average molecular weight is 361 g/mol. The van der Waals surface area contributed by atoms with E-state index < -0.39 is 22.0 Å². The fourth-order valence-corrected chi connectivity index (χ4v) is 4.83. The van der Waals surface area contributed by atoms with Gasteiger partial charge in [-0.05, 0) is 22.9 Å². The second-order valence-electron chi connectivity index (χ2n) is 3.87. The summed E-state index contributed by atoms with van der Waals surface area (Å²) < 4.78 is 36.2. The standard InChI is InChI=1S/C12H11NO6S3/c1-18-11(14)9-7(3-5-20-9)13-22(16,17)8-4-6-21-10(8)12(15)19-2/h3-6,13H,1-2H3. The van der Waals surface area contributed by atoms with E-state index in [-0.39, 0.29) is 20.3 Å². The highest BCUT2D eigenvalue weighted by Gasteiger charge is 2.26. The number of thiophene rings is 2. The van der Waals surface area contributed by atoms with Gasteiger partial charge in [0.1, 0.15) is 14.6 Å². The number of carbonyl (C=O) groups is 2. The molecule has 7 nitrogen and oxygen atoms in total. The van der Waals surface area contributed by atoms with E-state index in [9.17, 15) is 18.0 Å². The molecule has 2 aromatic heterocycles. The number of sulfonamides is 1. The Kier molecular flexibility index (Phi) is 4.84. The van der Waals surface area contributed by atoms with Crippen molar-refractivity contribution in [3.05, 3.63) is 32.6 Å². The summed E-state index contributed by atoms with van der Waals surface area (Å²) in [6.45, 7) is 0. The van der Waals surface area contributed by atoms with Crippen molar-refractivity contribution < 1.29 is 27.5 Å². The zero-order chi connectivity index (χ0) is 16.3. The smallest absolute Gasteiger partial charge is 0.350 e. The van der Waals surface area contributed by atoms with Gasteiger partial charge in [-0.3, -0.25) is 4.72 Å². The van der Waals surface area contributed by atoms with Crippen LogP contribution in [0.4, 0.5) is 5.69 Å². The maximum Gasteiger partial charge on any atom is 0.350 e. The van der Waals surface area contributed by atoms with Crippen LogP contribution >= 0.6 is 22.7 Å². The van der Waals surface area contributed by atoms with Crippen molar-refractivity contribution in [3.63, 3.8) is 0 Å². The first-order chi connectivity index (χ1) is 10.4. The first-order valence-electron chi connectivity index (χ1n) is 5.75. The van der Waals surface area contributed by atoms with Crippen molar-refractivity contribution in [3.8, 4) is 0 Å². The van der Waals surface area contributed by atoms with Gasteiger partial charge in [0.05, 0.1) is 19.9 Å². The lowest BCUT2D eigenvalue weighted by atomic mass is 10.4. The molecule has 22 heavy (non-hydrogen) atoms. The maximum atomic E-state index is 12.4. The molecular weight excluding hydrogens is 350 g/mol. The molecule has 0 amide bonds. The molecule has 1 N–H and O–H groups in total. The Morgan fingerprint density at radius 3 is 2.18 bits per heavy atom. The zero-order valence-electron chi connectivity index (χ0n) is 11.5. The number of ether oxygens (including phenoxy) is 2. The van der Waals surface area contributed by atoms with Crippen LogP contribution in [-0.2, 0) is 19.5 Å². The third-order valence-corrected chi connectivity index (χ3v) is 5.90. The number of esters is 2. The Morgan fingerprint density at radius 2 is 1.55 bits per heavy atom. The Labute approximate surface area is 134 Å². The van der Waals surface area contributed by atoms with E-state index in [1.165, 1.54) is 31.7 Å². The van der Waals surface area contributed by atoms with Crippen molar-refractivity contribution in [1.29, 1.82) is 0 Å². The van der Waals surface area contributed by atoms with E-state index in [1.807, 2.05) is 0 Å². The molecule has 0 aromatic carbocycles. The molecule has 118 valence electrons. The Bertz CT molecular complexity index is 804. The van der Waals surface area contributed by atoms with Gasteiger partial charge in [0.15, 0.2) is 0 Å². The molecule has 0 fully saturated rings. The highest BCUT2D eigenvalue weighted by Crippen LogP contribution is 2.29. The minimum Gasteiger partial charge on any atom is -0.465 e. The third kappa shape index (κ3) is 3.13. The van der Waals surface area contributed by atoms with Crippen LogP contribution in [0, 0.1) is 0 Å². The van der Waals surface area contributed by atoms with Crippen molar-refractivity contribution in [2.75, 3.05) is 18.9 Å². The predicted molar refractivity (Wildman–Crippen MR) is 82.1 cm³/mol. The number of methoxy groups -OCH3 is 2. The van der Waals surface area contributed by atoms with Crippen LogP contribution in [0.3, 0.4) is 0 Å². The molecule has 0 radical (unpaired) electrons. The minimum atomic E-state index is -4.03. The van der Waals surface area contributed by atoms with E-state index in [4.69, 9.17) is 0 Å². The van der Waals surface area contributed by atoms with Crippen LogP contribution in [0.25, 0.3) is 0 Å². The molecular formula is C12H11NO6S3. The quantitative estimate of drug-likeness (QED) is 0.820. The molecule has 0 aliphatic heterocycles. The summed E-state index contributed by atoms with van der Waals surface area (Å²) in [5, 5.41) is 3.02. The highest BCUT2D eigenvalue weighted by molar-refractivity contribution is 7.93. The van der Waals surface area contributed by atoms with Crippen molar-refractivity contribution in [2.45, 2.75) is 4.90 Å². The molecule has 0 bridgehead atoms. The van der Waals surface area contributed by atoms with E-state index in [0.29, 0.717) is 0 Å². The topological polar surface area (TPSA) is 98.8 Å². The summed E-state index contributed by atoms with van der Waals surface area (Å²) >= 11 is 2.00. The summed E-state index contributed by atoms with van der Waals surface area (Å²) in [5.41, 5.74) is 0.0962. The monoisotopic (exact) mass is 361 g/mol. The van der Waals surface area contributed by atoms with Gasteiger partial charge in [0.25, 0.3) is 10.0 Å². The summed E-state index contributed by atoms with van der Waals surface area (Å²) in [6, 6.07) is 2.74. The number of hydrogen-bond acceptors (Lipinski definition) is 8. The first-order valence-corrected chi connectivity index (χ1v) is 8.99. The van der Waals surface area contributed by atoms with Gasteiger partial charge in [-0.25, -0.2) is 18.0 Å². The van der Waals surface area contributed by atoms with Gasteiger partial charge in [-0.1, -0.05) is 0 Å². The van der Waals surface area contributed by atoms with Gasteiger partial charge in [0, 0.05) is 0 Å². The largest absolute Gasteiger partial charge is 0.465 e. The lowest BCUT2D eigenvalue weighted by Gasteiger charge is -2.08. The third-order valence-electron chi connectivity index (χ3n) is 2.57. The molecule has 0 atom stereocenters. The summed E-state index contributed by atoms with van der Waals surface area (Å²) in [7, 11) is -1.66. The molecule has 2 heterocycles. The molecule has 2 aromatic rings. The maximum absolute atomic E-state index is 12.4. The van der Waals surface area contributed by atoms with Gasteiger partial charge in [-0.15, -0.1) is 22.7 Å². The zero-order valence-corrected chi connectivity index (χ0v) is 13.9. The molecule has 0 aliphatic rings. The predicted octanol–water partition coefficient (Wildman–Crippen LogP) is 2.18. The van der Waals surface area contributed by atoms with Gasteiger partial charge in [0.2, 0.25) is 0 Å². The van der Waals surface area contributed by atoms with E-state index in [2.05, 4.69) is 14.2 Å². The molecule has 0 spiro atoms. The molecule has 0 aliphatic carbocycles. The van der Waals surface area contributed by atoms with Crippen molar-refractivity contribution in [1.82, 2.24) is 0 Å². The number of nitrogens with one attached hydrogen (secondary N) is 1. The number of carbonyl (C=O) groups excluding carboxylic acids is 2. The normalized spacial score (nSPS) is 11.0. The second kappa shape index (κ2) is 6.46. The molecule has 0 saturated carbocycles. The average Bonchev–Trinajstić information content (AvgIpc) is 3.14. The summed E-state index contributed by atoms with van der Waals surface area (Å²) in [4.78, 5) is 23.0. The van der Waals surface area contributed by atoms with Crippen LogP contribution < -0.4 is 4.72 Å². The Balaban J connectivity index is 2.38. The fraction of sp³-hybridized carbons (Fsp3) is 0.167. The first kappa shape index (κ1) is 16.5. The van der Waals surface area contributed by atoms with Gasteiger partial charge in [-0.2, -0.15) is 0 Å². The highest BCUT2D eigenvalue weighted by atomic mass is 32.2. The van der Waals surface area contributed by atoms with Gasteiger partial charge < -0.3 is 9.47 Å². The SMILES string of the molecule is COC(=O)c1sccc1NS(=O)(=O)c1ccsc1C(=O)OC. The Morgan fingerprint density at radius 1 is 1.00 bits per heavy atom. The molecule has 0 unspecified atom stereocenters. The molecule has 10 heteroatoms. The molecule has 0 saturated heterocycles. The molecule has 2 rings (SSSR count). The lowest BCUT2D eigenvalue weighted by Crippen LogP contribution is -2.17. The number of anilines is 1. The van der Waals surface area contributed by atoms with Crippen LogP contribution in [0.2, 0.25) is 0 Å². The van der Waals surface area contributed by atoms with Crippen LogP contribution in [0.15, 0.2) is 27.8 Å². The second-order valence-corrected chi connectivity index (χ2v) is 7.35. The van der Waals surface area contributed by atoms with Gasteiger partial charge >= 0.3 is 11.9 Å².